The number of rotatable bonds is 17. The van der Waals surface area contributed by atoms with Gasteiger partial charge in [-0.15, -0.1) is 0 Å². The Kier molecular flexibility index (Phi) is 14.7. The third kappa shape index (κ3) is 14.5. The van der Waals surface area contributed by atoms with Crippen LogP contribution < -0.4 is 21.3 Å². The molecular formula is C30H38N4O9. The number of carbonyl (C=O) groups excluding carboxylic acids is 5. The molecule has 0 saturated carbocycles. The number of carbonyl (C=O) groups is 6. The smallest absolute Gasteiger partial charge is 0.408 e. The van der Waals surface area contributed by atoms with Crippen LogP contribution in [0.4, 0.5) is 9.59 Å². The second-order valence-corrected chi connectivity index (χ2v) is 10.1. The van der Waals surface area contributed by atoms with Gasteiger partial charge in [-0.1, -0.05) is 74.5 Å². The minimum atomic E-state index is -1.27. The van der Waals surface area contributed by atoms with Crippen molar-refractivity contribution in [2.45, 2.75) is 58.4 Å². The average Bonchev–Trinajstić information content (AvgIpc) is 2.99. The van der Waals surface area contributed by atoms with Crippen molar-refractivity contribution in [1.82, 2.24) is 21.3 Å². The van der Waals surface area contributed by atoms with E-state index >= 15 is 0 Å². The molecule has 2 aromatic rings. The van der Waals surface area contributed by atoms with E-state index in [1.807, 2.05) is 19.9 Å². The van der Waals surface area contributed by atoms with E-state index in [1.165, 1.54) is 0 Å². The number of nitrogens with one attached hydrogen (secondary N) is 4. The number of ketones is 1. The number of alkyl carbamates (subject to hydrolysis) is 2. The molecule has 0 radical (unpaired) electrons. The molecule has 0 unspecified atom stereocenters. The van der Waals surface area contributed by atoms with Gasteiger partial charge in [-0.3, -0.25) is 19.2 Å². The molecule has 0 bridgehead atoms. The van der Waals surface area contributed by atoms with Gasteiger partial charge in [0.2, 0.25) is 11.8 Å². The first kappa shape index (κ1) is 34.3. The fourth-order valence-electron chi connectivity index (χ4n) is 3.73. The summed E-state index contributed by atoms with van der Waals surface area (Å²) in [6, 6.07) is 15.6. The van der Waals surface area contributed by atoms with Crippen LogP contribution in [-0.4, -0.2) is 66.0 Å². The summed E-state index contributed by atoms with van der Waals surface area (Å²) >= 11 is 0. The van der Waals surface area contributed by atoms with E-state index in [1.54, 1.807) is 54.6 Å². The quantitative estimate of drug-likeness (QED) is 0.182. The van der Waals surface area contributed by atoms with Gasteiger partial charge >= 0.3 is 18.2 Å². The number of carboxylic acids is 1. The maximum Gasteiger partial charge on any atom is 0.408 e. The number of hydrogen-bond acceptors (Lipinski definition) is 8. The average molecular weight is 599 g/mol. The fraction of sp³-hybridized carbons (Fsp3) is 0.400. The highest BCUT2D eigenvalue weighted by Gasteiger charge is 2.25. The van der Waals surface area contributed by atoms with E-state index in [2.05, 4.69) is 21.3 Å². The van der Waals surface area contributed by atoms with Crippen molar-refractivity contribution in [3.05, 3.63) is 71.8 Å². The van der Waals surface area contributed by atoms with Crippen molar-refractivity contribution < 1.29 is 43.3 Å². The second kappa shape index (κ2) is 18.5. The molecule has 0 aliphatic rings. The highest BCUT2D eigenvalue weighted by Crippen LogP contribution is 2.07. The molecule has 13 nitrogen and oxygen atoms in total. The van der Waals surface area contributed by atoms with Crippen LogP contribution in [0.3, 0.4) is 0 Å². The van der Waals surface area contributed by atoms with Gasteiger partial charge in [0.1, 0.15) is 25.3 Å². The van der Waals surface area contributed by atoms with Gasteiger partial charge in [0.25, 0.3) is 0 Å². The minimum Gasteiger partial charge on any atom is -0.481 e. The maximum atomic E-state index is 12.7. The molecule has 0 heterocycles. The summed E-state index contributed by atoms with van der Waals surface area (Å²) in [5, 5.41) is 18.6. The highest BCUT2D eigenvalue weighted by molar-refractivity contribution is 5.93. The number of hydrogen-bond donors (Lipinski definition) is 5. The predicted octanol–water partition coefficient (Wildman–Crippen LogP) is 2.29. The van der Waals surface area contributed by atoms with Gasteiger partial charge in [0.05, 0.1) is 13.1 Å². The molecule has 13 heteroatoms. The third-order valence-corrected chi connectivity index (χ3v) is 5.92. The van der Waals surface area contributed by atoms with Crippen molar-refractivity contribution in [2.75, 3.05) is 13.1 Å². The molecule has 5 N–H and O–H groups in total. The molecule has 232 valence electrons. The lowest BCUT2D eigenvalue weighted by Crippen LogP contribution is -2.50. The van der Waals surface area contributed by atoms with E-state index in [0.717, 1.165) is 5.56 Å². The Morgan fingerprint density at radius 2 is 1.14 bits per heavy atom. The molecule has 0 fully saturated rings. The van der Waals surface area contributed by atoms with Gasteiger partial charge in [-0.2, -0.15) is 0 Å². The van der Waals surface area contributed by atoms with Crippen LogP contribution in [0, 0.1) is 5.92 Å². The van der Waals surface area contributed by atoms with E-state index in [9.17, 15) is 28.8 Å². The third-order valence-electron chi connectivity index (χ3n) is 5.92. The Bertz CT molecular complexity index is 1220. The van der Waals surface area contributed by atoms with Crippen molar-refractivity contribution in [3.63, 3.8) is 0 Å². The van der Waals surface area contributed by atoms with Gasteiger partial charge in [-0.25, -0.2) is 9.59 Å². The summed E-state index contributed by atoms with van der Waals surface area (Å²) in [5.74, 6) is -3.11. The zero-order chi connectivity index (χ0) is 31.6. The minimum absolute atomic E-state index is 0.0218. The standard InChI is InChI=1S/C30H38N4O9/c1-20(2)15-25(34-30(41)43-19-22-11-7-4-8-12-22)28(39)32-17-23(35)16-31-27(38)24(13-14-26(36)37)33-29(40)42-18-21-9-5-3-6-10-21/h3-12,20,24-25H,13-19H2,1-2H3,(H,31,38)(H,32,39)(H,33,40)(H,34,41)(H,36,37)/t24-,25-/m0/s1. The van der Waals surface area contributed by atoms with E-state index < -0.39 is 67.3 Å². The first-order valence-corrected chi connectivity index (χ1v) is 13.8. The summed E-state index contributed by atoms with van der Waals surface area (Å²) in [6.45, 7) is 2.75. The number of aliphatic carboxylic acids is 1. The molecule has 2 atom stereocenters. The second-order valence-electron chi connectivity index (χ2n) is 10.1. The van der Waals surface area contributed by atoms with Gasteiger partial charge in [-0.05, 0) is 29.9 Å². The molecule has 0 saturated heterocycles. The lowest BCUT2D eigenvalue weighted by molar-refractivity contribution is -0.137. The van der Waals surface area contributed by atoms with Crippen molar-refractivity contribution >= 4 is 35.8 Å². The molecular weight excluding hydrogens is 560 g/mol. The van der Waals surface area contributed by atoms with Crippen molar-refractivity contribution in [1.29, 1.82) is 0 Å². The largest absolute Gasteiger partial charge is 0.481 e. The zero-order valence-electron chi connectivity index (χ0n) is 24.2. The number of amides is 4. The van der Waals surface area contributed by atoms with Gasteiger partial charge in [0, 0.05) is 6.42 Å². The van der Waals surface area contributed by atoms with Gasteiger partial charge in [0.15, 0.2) is 5.78 Å². The Labute approximate surface area is 249 Å². The van der Waals surface area contributed by atoms with Crippen LogP contribution in [0.25, 0.3) is 0 Å². The highest BCUT2D eigenvalue weighted by atomic mass is 16.6. The Balaban J connectivity index is 1.83. The molecule has 0 aliphatic carbocycles. The van der Waals surface area contributed by atoms with E-state index in [0.29, 0.717) is 5.56 Å². The van der Waals surface area contributed by atoms with Crippen LogP contribution in [0.5, 0.6) is 0 Å². The Hall–Kier alpha value is -4.94. The topological polar surface area (TPSA) is 189 Å². The molecule has 43 heavy (non-hydrogen) atoms. The summed E-state index contributed by atoms with van der Waals surface area (Å²) in [5.41, 5.74) is 1.49. The molecule has 2 aromatic carbocycles. The predicted molar refractivity (Wildman–Crippen MR) is 154 cm³/mol. The molecule has 2 rings (SSSR count). The zero-order valence-corrected chi connectivity index (χ0v) is 24.2. The summed E-state index contributed by atoms with van der Waals surface area (Å²) < 4.78 is 10.3. The van der Waals surface area contributed by atoms with Crippen LogP contribution in [-0.2, 0) is 41.9 Å². The van der Waals surface area contributed by atoms with Crippen molar-refractivity contribution in [3.8, 4) is 0 Å². The molecule has 0 aliphatic heterocycles. The lowest BCUT2D eigenvalue weighted by Gasteiger charge is -2.20. The molecule has 0 spiro atoms. The lowest BCUT2D eigenvalue weighted by atomic mass is 10.0. The number of ether oxygens (including phenoxy) is 2. The monoisotopic (exact) mass is 598 g/mol. The fourth-order valence-corrected chi connectivity index (χ4v) is 3.73. The summed E-state index contributed by atoms with van der Waals surface area (Å²) in [4.78, 5) is 73.3. The number of Topliss-reactive ketones (excluding diaryl/α,β-unsaturated/α-hetero) is 1. The van der Waals surface area contributed by atoms with Crippen LogP contribution in [0.2, 0.25) is 0 Å². The first-order chi connectivity index (χ1) is 20.5. The molecule has 4 amide bonds. The van der Waals surface area contributed by atoms with Crippen molar-refractivity contribution in [2.24, 2.45) is 5.92 Å². The van der Waals surface area contributed by atoms with E-state index in [4.69, 9.17) is 14.6 Å². The normalized spacial score (nSPS) is 11.9. The van der Waals surface area contributed by atoms with Gasteiger partial charge < -0.3 is 35.8 Å². The first-order valence-electron chi connectivity index (χ1n) is 13.8. The Morgan fingerprint density at radius 3 is 1.58 bits per heavy atom. The Morgan fingerprint density at radius 1 is 0.698 bits per heavy atom. The van der Waals surface area contributed by atoms with Crippen LogP contribution in [0.15, 0.2) is 60.7 Å². The SMILES string of the molecule is CC(C)C[C@H](NC(=O)OCc1ccccc1)C(=O)NCC(=O)CNC(=O)[C@H](CCC(=O)O)NC(=O)OCc1ccccc1. The summed E-state index contributed by atoms with van der Waals surface area (Å²) in [6.07, 6.45) is -2.09. The van der Waals surface area contributed by atoms with Crippen LogP contribution >= 0.6 is 0 Å². The number of benzene rings is 2. The van der Waals surface area contributed by atoms with Crippen LogP contribution in [0.1, 0.15) is 44.2 Å². The molecule has 0 aromatic heterocycles. The van der Waals surface area contributed by atoms with E-state index in [-0.39, 0.29) is 32.0 Å². The number of carboxylic acid groups (broad SMARTS) is 1. The maximum absolute atomic E-state index is 12.7. The summed E-state index contributed by atoms with van der Waals surface area (Å²) in [7, 11) is 0.